The molecular formula is C18H31IN4O2S. The molecular weight excluding hydrogens is 463 g/mol. The van der Waals surface area contributed by atoms with E-state index in [9.17, 15) is 4.79 Å². The number of rotatable bonds is 8. The van der Waals surface area contributed by atoms with Crippen molar-refractivity contribution in [1.29, 1.82) is 0 Å². The number of guanidine groups is 1. The molecule has 0 aromatic carbocycles. The Morgan fingerprint density at radius 1 is 1.27 bits per heavy atom. The van der Waals surface area contributed by atoms with E-state index in [2.05, 4.69) is 38.5 Å². The van der Waals surface area contributed by atoms with Gasteiger partial charge in [0.25, 0.3) is 0 Å². The molecule has 1 saturated carbocycles. The van der Waals surface area contributed by atoms with Gasteiger partial charge in [-0.3, -0.25) is 9.79 Å². The summed E-state index contributed by atoms with van der Waals surface area (Å²) in [5, 5.41) is 11.5. The minimum atomic E-state index is -0.0642. The van der Waals surface area contributed by atoms with Crippen LogP contribution in [0.2, 0.25) is 0 Å². The lowest BCUT2D eigenvalue weighted by Gasteiger charge is -2.37. The summed E-state index contributed by atoms with van der Waals surface area (Å²) in [7, 11) is 3.35. The van der Waals surface area contributed by atoms with Gasteiger partial charge >= 0.3 is 0 Å². The Morgan fingerprint density at radius 3 is 2.65 bits per heavy atom. The van der Waals surface area contributed by atoms with Crippen molar-refractivity contribution in [2.45, 2.75) is 37.5 Å². The van der Waals surface area contributed by atoms with Crippen LogP contribution in [-0.4, -0.2) is 52.3 Å². The summed E-state index contributed by atoms with van der Waals surface area (Å²) in [6, 6.07) is 4.38. The van der Waals surface area contributed by atoms with Crippen LogP contribution in [0.4, 0.5) is 0 Å². The van der Waals surface area contributed by atoms with Gasteiger partial charge in [0.1, 0.15) is 0 Å². The first kappa shape index (κ1) is 23.2. The molecule has 0 spiro atoms. The van der Waals surface area contributed by atoms with Crippen LogP contribution in [0.5, 0.6) is 0 Å². The van der Waals surface area contributed by atoms with E-state index in [0.717, 1.165) is 6.54 Å². The lowest BCUT2D eigenvalue weighted by molar-refractivity contribution is -0.120. The molecule has 1 aliphatic rings. The second kappa shape index (κ2) is 12.5. The Hall–Kier alpha value is -0.870. The number of thiophene rings is 1. The number of ether oxygens (including phenoxy) is 1. The summed E-state index contributed by atoms with van der Waals surface area (Å²) in [4.78, 5) is 17.5. The van der Waals surface area contributed by atoms with E-state index in [4.69, 9.17) is 4.74 Å². The zero-order chi connectivity index (χ0) is 18.0. The summed E-state index contributed by atoms with van der Waals surface area (Å²) < 4.78 is 4.92. The van der Waals surface area contributed by atoms with E-state index < -0.39 is 0 Å². The molecule has 0 bridgehead atoms. The molecule has 1 heterocycles. The number of aliphatic imine (C=N–C) groups is 1. The molecule has 0 radical (unpaired) electrons. The summed E-state index contributed by atoms with van der Waals surface area (Å²) in [5.41, 5.74) is 0.185. The van der Waals surface area contributed by atoms with Gasteiger partial charge in [-0.1, -0.05) is 25.3 Å². The Kier molecular flexibility index (Phi) is 11.1. The van der Waals surface area contributed by atoms with Gasteiger partial charge in [0.05, 0.1) is 13.2 Å². The van der Waals surface area contributed by atoms with Crippen molar-refractivity contribution in [2.75, 3.05) is 40.4 Å². The van der Waals surface area contributed by atoms with E-state index in [-0.39, 0.29) is 41.8 Å². The van der Waals surface area contributed by atoms with E-state index in [1.165, 1.54) is 37.0 Å². The van der Waals surface area contributed by atoms with E-state index in [1.54, 1.807) is 14.2 Å². The smallest absolute Gasteiger partial charge is 0.239 e. The highest BCUT2D eigenvalue weighted by Crippen LogP contribution is 2.40. The Labute approximate surface area is 177 Å². The van der Waals surface area contributed by atoms with Crippen LogP contribution >= 0.6 is 35.3 Å². The van der Waals surface area contributed by atoms with Crippen molar-refractivity contribution >= 4 is 47.2 Å². The van der Waals surface area contributed by atoms with Gasteiger partial charge in [0.15, 0.2) is 5.96 Å². The van der Waals surface area contributed by atoms with Gasteiger partial charge in [-0.05, 0) is 24.3 Å². The molecule has 1 fully saturated rings. The molecule has 6 nitrogen and oxygen atoms in total. The second-order valence-corrected chi connectivity index (χ2v) is 7.39. The number of nitrogens with one attached hydrogen (secondary N) is 3. The quantitative estimate of drug-likeness (QED) is 0.225. The average Bonchev–Trinajstić information content (AvgIpc) is 3.18. The number of carbonyl (C=O) groups excluding carboxylic acids is 1. The second-order valence-electron chi connectivity index (χ2n) is 6.44. The lowest BCUT2D eigenvalue weighted by Crippen LogP contribution is -2.48. The largest absolute Gasteiger partial charge is 0.383 e. The average molecular weight is 494 g/mol. The van der Waals surface area contributed by atoms with E-state index in [0.29, 0.717) is 19.1 Å². The van der Waals surface area contributed by atoms with Crippen LogP contribution in [0.15, 0.2) is 22.5 Å². The van der Waals surface area contributed by atoms with Gasteiger partial charge in [-0.2, -0.15) is 0 Å². The SMILES string of the molecule is CN=C(NCC(=O)NCCOC)NCC1(c2cccs2)CCCCC1.I. The fraction of sp³-hybridized carbons (Fsp3) is 0.667. The first-order chi connectivity index (χ1) is 12.2. The molecule has 3 N–H and O–H groups in total. The molecule has 148 valence electrons. The topological polar surface area (TPSA) is 74.8 Å². The van der Waals surface area contributed by atoms with Crippen molar-refractivity contribution in [2.24, 2.45) is 4.99 Å². The maximum absolute atomic E-state index is 11.8. The number of nitrogens with zero attached hydrogens (tertiary/aromatic N) is 1. The molecule has 1 aromatic rings. The first-order valence-electron chi connectivity index (χ1n) is 8.94. The van der Waals surface area contributed by atoms with Gasteiger partial charge < -0.3 is 20.7 Å². The summed E-state index contributed by atoms with van der Waals surface area (Å²) >= 11 is 1.84. The predicted molar refractivity (Wildman–Crippen MR) is 119 cm³/mol. The first-order valence-corrected chi connectivity index (χ1v) is 9.82. The normalized spacial score (nSPS) is 16.5. The number of carbonyl (C=O) groups is 1. The standard InChI is InChI=1S/C18H30N4O2S.HI/c1-19-17(21-13-16(23)20-10-11-24-2)22-14-18(8-4-3-5-9-18)15-7-6-12-25-15;/h6-7,12H,3-5,8-11,13-14H2,1-2H3,(H,20,23)(H2,19,21,22);1H. The Morgan fingerprint density at radius 2 is 2.04 bits per heavy atom. The monoisotopic (exact) mass is 494 g/mol. The third-order valence-electron chi connectivity index (χ3n) is 4.72. The molecule has 8 heteroatoms. The maximum atomic E-state index is 11.8. The highest BCUT2D eigenvalue weighted by Gasteiger charge is 2.34. The minimum Gasteiger partial charge on any atom is -0.383 e. The molecule has 1 aromatic heterocycles. The summed E-state index contributed by atoms with van der Waals surface area (Å²) in [5.74, 6) is 0.606. The van der Waals surface area contributed by atoms with Gasteiger partial charge in [-0.25, -0.2) is 0 Å². The number of halogens is 1. The molecule has 1 aliphatic carbocycles. The fourth-order valence-corrected chi connectivity index (χ4v) is 4.30. The molecule has 0 unspecified atom stereocenters. The van der Waals surface area contributed by atoms with Crippen LogP contribution in [-0.2, 0) is 14.9 Å². The van der Waals surface area contributed by atoms with Crippen molar-refractivity contribution in [3.8, 4) is 0 Å². The number of hydrogen-bond acceptors (Lipinski definition) is 4. The number of methoxy groups -OCH3 is 1. The van der Waals surface area contributed by atoms with Crippen LogP contribution in [0.25, 0.3) is 0 Å². The Balaban J connectivity index is 0.00000338. The molecule has 2 rings (SSSR count). The summed E-state index contributed by atoms with van der Waals surface area (Å²) in [6.45, 7) is 2.08. The molecule has 0 atom stereocenters. The van der Waals surface area contributed by atoms with Crippen molar-refractivity contribution < 1.29 is 9.53 Å². The van der Waals surface area contributed by atoms with Crippen LogP contribution in [0.3, 0.4) is 0 Å². The maximum Gasteiger partial charge on any atom is 0.239 e. The summed E-state index contributed by atoms with van der Waals surface area (Å²) in [6.07, 6.45) is 6.27. The van der Waals surface area contributed by atoms with Gasteiger partial charge in [0, 0.05) is 37.5 Å². The highest BCUT2D eigenvalue weighted by atomic mass is 127. The zero-order valence-electron chi connectivity index (χ0n) is 15.7. The third kappa shape index (κ3) is 7.03. The minimum absolute atomic E-state index is 0. The van der Waals surface area contributed by atoms with E-state index >= 15 is 0 Å². The Bertz CT molecular complexity index is 545. The van der Waals surface area contributed by atoms with Gasteiger partial charge in [0.2, 0.25) is 5.91 Å². The van der Waals surface area contributed by atoms with Crippen molar-refractivity contribution in [1.82, 2.24) is 16.0 Å². The highest BCUT2D eigenvalue weighted by molar-refractivity contribution is 14.0. The lowest BCUT2D eigenvalue weighted by atomic mass is 9.73. The zero-order valence-corrected chi connectivity index (χ0v) is 18.8. The number of amides is 1. The molecule has 26 heavy (non-hydrogen) atoms. The van der Waals surface area contributed by atoms with Crippen molar-refractivity contribution in [3.63, 3.8) is 0 Å². The van der Waals surface area contributed by atoms with Crippen LogP contribution < -0.4 is 16.0 Å². The molecule has 0 aliphatic heterocycles. The van der Waals surface area contributed by atoms with Crippen molar-refractivity contribution in [3.05, 3.63) is 22.4 Å². The predicted octanol–water partition coefficient (Wildman–Crippen LogP) is 2.50. The fourth-order valence-electron chi connectivity index (χ4n) is 3.31. The van der Waals surface area contributed by atoms with E-state index in [1.807, 2.05) is 11.3 Å². The van der Waals surface area contributed by atoms with Crippen LogP contribution in [0, 0.1) is 0 Å². The van der Waals surface area contributed by atoms with Gasteiger partial charge in [-0.15, -0.1) is 35.3 Å². The van der Waals surface area contributed by atoms with Crippen LogP contribution in [0.1, 0.15) is 37.0 Å². The third-order valence-corrected chi connectivity index (χ3v) is 5.83. The number of hydrogen-bond donors (Lipinski definition) is 3. The molecule has 0 saturated heterocycles. The molecule has 1 amide bonds.